The number of anilines is 2. The normalized spacial score (nSPS) is 10.6. The van der Waals surface area contributed by atoms with Gasteiger partial charge in [0.1, 0.15) is 0 Å². The molecule has 0 saturated heterocycles. The fraction of sp³-hybridized carbons (Fsp3) is 0.167. The first kappa shape index (κ1) is 16.5. The Kier molecular flexibility index (Phi) is 4.59. The Hall–Kier alpha value is -2.31. The van der Waals surface area contributed by atoms with Crippen molar-refractivity contribution in [2.45, 2.75) is 20.8 Å². The van der Waals surface area contributed by atoms with Gasteiger partial charge in [0.05, 0.1) is 10.2 Å². The third-order valence-corrected chi connectivity index (χ3v) is 4.89. The van der Waals surface area contributed by atoms with Crippen molar-refractivity contribution in [2.24, 2.45) is 0 Å². The lowest BCUT2D eigenvalue weighted by atomic mass is 10.1. The highest BCUT2D eigenvalue weighted by Crippen LogP contribution is 2.28. The molecule has 0 saturated carbocycles. The molecule has 0 unspecified atom stereocenters. The molecule has 0 aliphatic heterocycles. The number of nitrogens with one attached hydrogen (secondary N) is 2. The number of aromatic nitrogens is 1. The number of nitrogens with zero attached hydrogens (tertiary/aromatic N) is 1. The maximum atomic E-state index is 11.4. The van der Waals surface area contributed by atoms with Gasteiger partial charge in [0.25, 0.3) is 0 Å². The molecule has 6 heteroatoms. The summed E-state index contributed by atoms with van der Waals surface area (Å²) < 4.78 is 1.13. The molecule has 2 aromatic carbocycles. The summed E-state index contributed by atoms with van der Waals surface area (Å²) in [5.41, 5.74) is 4.86. The summed E-state index contributed by atoms with van der Waals surface area (Å²) in [7, 11) is 0. The molecule has 2 N–H and O–H groups in total. The Labute approximate surface area is 149 Å². The number of hydrogen-bond donors (Lipinski definition) is 2. The van der Waals surface area contributed by atoms with Crippen LogP contribution in [0.3, 0.4) is 0 Å². The number of thiazole rings is 1. The third-order valence-electron chi connectivity index (χ3n) is 3.75. The van der Waals surface area contributed by atoms with E-state index in [0.717, 1.165) is 21.0 Å². The zero-order valence-corrected chi connectivity index (χ0v) is 15.3. The topological polar surface area (TPSA) is 54.0 Å². The van der Waals surface area contributed by atoms with Crippen LogP contribution >= 0.6 is 23.6 Å². The second kappa shape index (κ2) is 6.67. The number of rotatable bonds is 3. The maximum absolute atomic E-state index is 11.4. The fourth-order valence-corrected chi connectivity index (χ4v) is 3.54. The van der Waals surface area contributed by atoms with Gasteiger partial charge in [-0.1, -0.05) is 23.5 Å². The standard InChI is InChI=1S/C18H17N3OS2/c1-10-7-15-16(8-11(10)2)24-18(20-15)21-17(23)19-14-6-4-5-13(9-14)12(3)22/h4-9H,1-3H3,(H2,19,20,21,23). The van der Waals surface area contributed by atoms with Crippen LogP contribution in [0.1, 0.15) is 28.4 Å². The van der Waals surface area contributed by atoms with Gasteiger partial charge in [-0.3, -0.25) is 4.79 Å². The minimum atomic E-state index is 0.0226. The summed E-state index contributed by atoms with van der Waals surface area (Å²) in [6.45, 7) is 5.71. The number of carbonyl (C=O) groups excluding carboxylic acids is 1. The second-order valence-electron chi connectivity index (χ2n) is 5.64. The quantitative estimate of drug-likeness (QED) is 0.516. The van der Waals surface area contributed by atoms with E-state index >= 15 is 0 Å². The van der Waals surface area contributed by atoms with E-state index in [1.165, 1.54) is 11.1 Å². The maximum Gasteiger partial charge on any atom is 0.190 e. The number of benzene rings is 2. The van der Waals surface area contributed by atoms with Crippen LogP contribution in [0.2, 0.25) is 0 Å². The molecule has 4 nitrogen and oxygen atoms in total. The lowest BCUT2D eigenvalue weighted by molar-refractivity contribution is 0.101. The van der Waals surface area contributed by atoms with Crippen molar-refractivity contribution in [3.63, 3.8) is 0 Å². The molecule has 24 heavy (non-hydrogen) atoms. The molecule has 1 heterocycles. The lowest BCUT2D eigenvalue weighted by Gasteiger charge is -2.09. The number of thiocarbonyl (C=S) groups is 1. The zero-order chi connectivity index (χ0) is 17.3. The molecule has 0 bridgehead atoms. The van der Waals surface area contributed by atoms with Gasteiger partial charge >= 0.3 is 0 Å². The van der Waals surface area contributed by atoms with Gasteiger partial charge in [-0.2, -0.15) is 0 Å². The zero-order valence-electron chi connectivity index (χ0n) is 13.6. The van der Waals surface area contributed by atoms with Gasteiger partial charge in [0, 0.05) is 11.3 Å². The van der Waals surface area contributed by atoms with Crippen molar-refractivity contribution in [3.05, 3.63) is 53.1 Å². The van der Waals surface area contributed by atoms with Crippen LogP contribution in [0.15, 0.2) is 36.4 Å². The molecule has 3 rings (SSSR count). The number of Topliss-reactive ketones (excluding diaryl/α,β-unsaturated/α-hetero) is 1. The monoisotopic (exact) mass is 355 g/mol. The van der Waals surface area contributed by atoms with Gasteiger partial charge in [-0.25, -0.2) is 4.98 Å². The highest BCUT2D eigenvalue weighted by atomic mass is 32.1. The molecular weight excluding hydrogens is 338 g/mol. The average Bonchev–Trinajstić information content (AvgIpc) is 2.88. The Bertz CT molecular complexity index is 908. The average molecular weight is 355 g/mol. The number of ketones is 1. The second-order valence-corrected chi connectivity index (χ2v) is 7.08. The van der Waals surface area contributed by atoms with E-state index < -0.39 is 0 Å². The predicted octanol–water partition coefficient (Wildman–Crippen LogP) is 4.92. The molecule has 0 aliphatic rings. The van der Waals surface area contributed by atoms with Crippen LogP contribution in [0.4, 0.5) is 10.8 Å². The molecule has 0 atom stereocenters. The molecule has 0 spiro atoms. The minimum absolute atomic E-state index is 0.0226. The lowest BCUT2D eigenvalue weighted by Crippen LogP contribution is -2.19. The first-order chi connectivity index (χ1) is 11.4. The van der Waals surface area contributed by atoms with Gasteiger partial charge in [0.15, 0.2) is 16.0 Å². The molecule has 1 aromatic heterocycles. The van der Waals surface area contributed by atoms with E-state index in [-0.39, 0.29) is 5.78 Å². The van der Waals surface area contributed by atoms with Gasteiger partial charge in [-0.05, 0) is 68.4 Å². The molecule has 0 amide bonds. The van der Waals surface area contributed by atoms with Gasteiger partial charge in [-0.15, -0.1) is 0 Å². The SMILES string of the molecule is CC(=O)c1cccc(NC(=S)Nc2nc3cc(C)c(C)cc3s2)c1. The summed E-state index contributed by atoms with van der Waals surface area (Å²) >= 11 is 6.91. The number of aryl methyl sites for hydroxylation is 2. The van der Waals surface area contributed by atoms with Gasteiger partial charge in [0.2, 0.25) is 0 Å². The van der Waals surface area contributed by atoms with E-state index in [4.69, 9.17) is 12.2 Å². The molecule has 3 aromatic rings. The number of carbonyl (C=O) groups is 1. The van der Waals surface area contributed by atoms with E-state index in [1.807, 2.05) is 12.1 Å². The van der Waals surface area contributed by atoms with Crippen molar-refractivity contribution < 1.29 is 4.79 Å². The van der Waals surface area contributed by atoms with E-state index in [9.17, 15) is 4.79 Å². The van der Waals surface area contributed by atoms with Crippen LogP contribution in [0.25, 0.3) is 10.2 Å². The molecule has 0 aliphatic carbocycles. The van der Waals surface area contributed by atoms with Crippen molar-refractivity contribution in [1.82, 2.24) is 4.98 Å². The Morgan fingerprint density at radius 1 is 1.12 bits per heavy atom. The van der Waals surface area contributed by atoms with E-state index in [2.05, 4.69) is 41.6 Å². The fourth-order valence-electron chi connectivity index (χ4n) is 2.31. The van der Waals surface area contributed by atoms with Crippen molar-refractivity contribution in [1.29, 1.82) is 0 Å². The largest absolute Gasteiger partial charge is 0.332 e. The smallest absolute Gasteiger partial charge is 0.190 e. The first-order valence-corrected chi connectivity index (χ1v) is 8.71. The summed E-state index contributed by atoms with van der Waals surface area (Å²) in [5.74, 6) is 0.0226. The van der Waals surface area contributed by atoms with Crippen LogP contribution in [0.5, 0.6) is 0 Å². The Balaban J connectivity index is 1.75. The van der Waals surface area contributed by atoms with Crippen LogP contribution in [0, 0.1) is 13.8 Å². The summed E-state index contributed by atoms with van der Waals surface area (Å²) in [4.78, 5) is 16.0. The third kappa shape index (κ3) is 3.60. The van der Waals surface area contributed by atoms with Gasteiger partial charge < -0.3 is 10.6 Å². The predicted molar refractivity (Wildman–Crippen MR) is 105 cm³/mol. The van der Waals surface area contributed by atoms with E-state index in [0.29, 0.717) is 10.7 Å². The summed E-state index contributed by atoms with van der Waals surface area (Å²) in [6, 6.07) is 11.5. The molecule has 122 valence electrons. The molecular formula is C18H17N3OS2. The molecule has 0 radical (unpaired) electrons. The minimum Gasteiger partial charge on any atom is -0.332 e. The van der Waals surface area contributed by atoms with E-state index in [1.54, 1.807) is 30.4 Å². The molecule has 0 fully saturated rings. The van der Waals surface area contributed by atoms with Crippen LogP contribution < -0.4 is 10.6 Å². The highest BCUT2D eigenvalue weighted by molar-refractivity contribution is 7.80. The Morgan fingerprint density at radius 2 is 1.88 bits per heavy atom. The van der Waals surface area contributed by atoms with Crippen molar-refractivity contribution >= 4 is 55.5 Å². The number of fused-ring (bicyclic) bond motifs is 1. The van der Waals surface area contributed by atoms with Crippen LogP contribution in [-0.2, 0) is 0 Å². The highest BCUT2D eigenvalue weighted by Gasteiger charge is 2.08. The first-order valence-electron chi connectivity index (χ1n) is 7.49. The van der Waals surface area contributed by atoms with Crippen molar-refractivity contribution in [2.75, 3.05) is 10.6 Å². The summed E-state index contributed by atoms with van der Waals surface area (Å²) in [5, 5.41) is 7.39. The van der Waals surface area contributed by atoms with Crippen LogP contribution in [-0.4, -0.2) is 15.9 Å². The van der Waals surface area contributed by atoms with Crippen molar-refractivity contribution in [3.8, 4) is 0 Å². The number of hydrogen-bond acceptors (Lipinski definition) is 4. The Morgan fingerprint density at radius 3 is 2.62 bits per heavy atom. The summed E-state index contributed by atoms with van der Waals surface area (Å²) in [6.07, 6.45) is 0.